The Morgan fingerprint density at radius 3 is 0.927 bits per heavy atom. The van der Waals surface area contributed by atoms with Crippen LogP contribution in [0.3, 0.4) is 0 Å². The topological polar surface area (TPSA) is 237 Å². The largest absolute Gasteiger partial charge is 0.472 e. The molecule has 0 aromatic heterocycles. The lowest BCUT2D eigenvalue weighted by molar-refractivity contribution is -0.161. The lowest BCUT2D eigenvalue weighted by Gasteiger charge is -2.21. The molecule has 3 unspecified atom stereocenters. The van der Waals surface area contributed by atoms with Crippen molar-refractivity contribution in [2.75, 3.05) is 39.6 Å². The molecule has 0 fully saturated rings. The summed E-state index contributed by atoms with van der Waals surface area (Å²) in [5.41, 5.74) is 0. The molecule has 0 rings (SSSR count). The number of hydrogen-bond acceptors (Lipinski definition) is 15. The highest BCUT2D eigenvalue weighted by molar-refractivity contribution is 7.47. The number of hydrogen-bond donors (Lipinski definition) is 3. The number of phosphoric ester groups is 2. The fourth-order valence-corrected chi connectivity index (χ4v) is 10.9. The number of esters is 4. The van der Waals surface area contributed by atoms with Gasteiger partial charge in [-0.3, -0.25) is 37.3 Å². The van der Waals surface area contributed by atoms with Crippen LogP contribution in [0.1, 0.15) is 305 Å². The Morgan fingerprint density at radius 1 is 0.354 bits per heavy atom. The zero-order valence-corrected chi connectivity index (χ0v) is 54.7. The number of aliphatic hydroxyl groups is 1. The quantitative estimate of drug-likeness (QED) is 0.0222. The lowest BCUT2D eigenvalue weighted by Crippen LogP contribution is -2.30. The van der Waals surface area contributed by atoms with Crippen molar-refractivity contribution in [3.63, 3.8) is 0 Å². The third kappa shape index (κ3) is 55.9. The Labute approximate surface area is 498 Å². The molecule has 0 aliphatic heterocycles. The van der Waals surface area contributed by atoms with Gasteiger partial charge in [-0.05, 0) is 43.4 Å². The van der Waals surface area contributed by atoms with E-state index in [1.807, 2.05) is 0 Å². The van der Waals surface area contributed by atoms with Gasteiger partial charge in [0.25, 0.3) is 0 Å². The van der Waals surface area contributed by atoms with Gasteiger partial charge in [0.1, 0.15) is 19.3 Å². The maximum absolute atomic E-state index is 13.0. The molecule has 3 N–H and O–H groups in total. The van der Waals surface area contributed by atoms with Crippen LogP contribution in [-0.2, 0) is 65.4 Å². The normalized spacial score (nSPS) is 14.7. The van der Waals surface area contributed by atoms with Crippen LogP contribution in [0.5, 0.6) is 0 Å². The average molecular weight is 1210 g/mol. The van der Waals surface area contributed by atoms with Crippen LogP contribution in [0, 0.1) is 17.8 Å². The van der Waals surface area contributed by atoms with Crippen LogP contribution in [0.2, 0.25) is 0 Å². The van der Waals surface area contributed by atoms with Crippen molar-refractivity contribution in [1.82, 2.24) is 0 Å². The van der Waals surface area contributed by atoms with Crippen LogP contribution in [0.15, 0.2) is 0 Å². The van der Waals surface area contributed by atoms with Crippen molar-refractivity contribution >= 4 is 39.5 Å². The van der Waals surface area contributed by atoms with Crippen LogP contribution in [-0.4, -0.2) is 96.7 Å². The first-order chi connectivity index (χ1) is 39.3. The first kappa shape index (κ1) is 80.1. The maximum atomic E-state index is 13.0. The summed E-state index contributed by atoms with van der Waals surface area (Å²) in [6, 6.07) is 0. The van der Waals surface area contributed by atoms with Crippen LogP contribution >= 0.6 is 15.6 Å². The van der Waals surface area contributed by atoms with Crippen molar-refractivity contribution in [2.45, 2.75) is 324 Å². The highest BCUT2D eigenvalue weighted by Gasteiger charge is 2.30. The summed E-state index contributed by atoms with van der Waals surface area (Å²) in [6.07, 6.45) is 35.0. The number of carbonyl (C=O) groups is 4. The number of unbranched alkanes of at least 4 members (excludes halogenated alkanes) is 28. The number of ether oxygens (including phenoxy) is 4. The van der Waals surface area contributed by atoms with Gasteiger partial charge in [-0.2, -0.15) is 0 Å². The minimum atomic E-state index is -4.94. The molecule has 0 heterocycles. The molecule has 0 spiro atoms. The summed E-state index contributed by atoms with van der Waals surface area (Å²) < 4.78 is 67.9. The van der Waals surface area contributed by atoms with Crippen LogP contribution < -0.4 is 0 Å². The second kappa shape index (κ2) is 54.5. The van der Waals surface area contributed by atoms with E-state index in [2.05, 4.69) is 48.5 Å². The van der Waals surface area contributed by atoms with E-state index in [-0.39, 0.29) is 25.7 Å². The minimum Gasteiger partial charge on any atom is -0.462 e. The van der Waals surface area contributed by atoms with Gasteiger partial charge in [-0.25, -0.2) is 9.13 Å². The summed E-state index contributed by atoms with van der Waals surface area (Å²) >= 11 is 0. The van der Waals surface area contributed by atoms with Crippen molar-refractivity contribution in [3.8, 4) is 0 Å². The molecule has 0 aliphatic carbocycles. The van der Waals surface area contributed by atoms with Gasteiger partial charge in [-0.15, -0.1) is 0 Å². The fraction of sp³-hybridized carbons (Fsp3) is 0.937. The highest BCUT2D eigenvalue weighted by Crippen LogP contribution is 2.45. The molecule has 486 valence electrons. The Bertz CT molecular complexity index is 1630. The van der Waals surface area contributed by atoms with Crippen molar-refractivity contribution in [2.24, 2.45) is 17.8 Å². The van der Waals surface area contributed by atoms with Gasteiger partial charge in [0.15, 0.2) is 12.2 Å². The van der Waals surface area contributed by atoms with Crippen molar-refractivity contribution in [1.29, 1.82) is 0 Å². The van der Waals surface area contributed by atoms with Crippen molar-refractivity contribution < 1.29 is 80.2 Å². The molecule has 0 aromatic carbocycles. The van der Waals surface area contributed by atoms with Gasteiger partial charge in [0.2, 0.25) is 0 Å². The van der Waals surface area contributed by atoms with Gasteiger partial charge in [0, 0.05) is 25.7 Å². The average Bonchev–Trinajstić information content (AvgIpc) is 3.45. The summed E-state index contributed by atoms with van der Waals surface area (Å²) in [5.74, 6) is -0.0147. The fourth-order valence-electron chi connectivity index (χ4n) is 9.27. The predicted molar refractivity (Wildman–Crippen MR) is 326 cm³/mol. The van der Waals surface area contributed by atoms with E-state index in [4.69, 9.17) is 37.0 Å². The molecule has 82 heavy (non-hydrogen) atoms. The predicted octanol–water partition coefficient (Wildman–Crippen LogP) is 17.1. The molecule has 0 radical (unpaired) electrons. The minimum absolute atomic E-state index is 0.101. The smallest absolute Gasteiger partial charge is 0.462 e. The van der Waals surface area contributed by atoms with Gasteiger partial charge in [0.05, 0.1) is 26.4 Å². The molecule has 6 atom stereocenters. The Kier molecular flexibility index (Phi) is 53.2. The second-order valence-corrected chi connectivity index (χ2v) is 26.9. The zero-order valence-electron chi connectivity index (χ0n) is 52.9. The van der Waals surface area contributed by atoms with E-state index in [1.165, 1.54) is 109 Å². The Morgan fingerprint density at radius 2 is 0.622 bits per heavy atom. The van der Waals surface area contributed by atoms with Crippen molar-refractivity contribution in [3.05, 3.63) is 0 Å². The zero-order chi connectivity index (χ0) is 61.0. The van der Waals surface area contributed by atoms with Gasteiger partial charge in [-0.1, -0.05) is 254 Å². The van der Waals surface area contributed by atoms with E-state index < -0.39 is 97.5 Å². The van der Waals surface area contributed by atoms with Gasteiger partial charge >= 0.3 is 39.5 Å². The molecule has 19 heteroatoms. The van der Waals surface area contributed by atoms with Crippen LogP contribution in [0.25, 0.3) is 0 Å². The molecule has 17 nitrogen and oxygen atoms in total. The molecule has 0 bridgehead atoms. The molecule has 0 aliphatic rings. The van der Waals surface area contributed by atoms with Crippen LogP contribution in [0.4, 0.5) is 0 Å². The standard InChI is InChI=1S/C63H122O17P2/c1-8-10-11-12-13-14-15-16-17-22-32-39-46-62(67)79-58(50-73-60(65)44-37-30-21-19-18-20-27-34-41-54(3)4)52-77-81(69,70)75-48-57(64)49-76-82(71,72)78-53-59(51-74-61(66)45-38-31-25-23-28-35-42-55(5)6)80-63(68)47-40-33-26-24-29-36-43-56(7)9-2/h54-59,64H,8-53H2,1-7H3,(H,69,70)(H,71,72)/t56?,57-,58-,59-/m1/s1. The maximum Gasteiger partial charge on any atom is 0.472 e. The summed E-state index contributed by atoms with van der Waals surface area (Å²) in [7, 11) is -9.89. The number of aliphatic hydroxyl groups excluding tert-OH is 1. The second-order valence-electron chi connectivity index (χ2n) is 24.0. The molecule has 0 saturated heterocycles. The molecule has 0 amide bonds. The SMILES string of the molecule is CCCCCCCCCCCCCCC(=O)O[C@H](COC(=O)CCCCCCCCCCC(C)C)COP(=O)(O)OC[C@@H](O)COP(=O)(O)OC[C@@H](COC(=O)CCCCCCCCC(C)C)OC(=O)CCCCCCCCC(C)CC. The first-order valence-corrected chi connectivity index (χ1v) is 35.9. The van der Waals surface area contributed by atoms with E-state index in [0.717, 1.165) is 108 Å². The molecular weight excluding hydrogens is 1090 g/mol. The lowest BCUT2D eigenvalue weighted by atomic mass is 10.00. The summed E-state index contributed by atoms with van der Waals surface area (Å²) in [6.45, 7) is 11.6. The van der Waals surface area contributed by atoms with E-state index >= 15 is 0 Å². The molecule has 0 aromatic rings. The monoisotopic (exact) mass is 1210 g/mol. The highest BCUT2D eigenvalue weighted by atomic mass is 31.2. The summed E-state index contributed by atoms with van der Waals surface area (Å²) in [5, 5.41) is 10.5. The Balaban J connectivity index is 5.25. The number of rotatable bonds is 61. The molecular formula is C63H122O17P2. The van der Waals surface area contributed by atoms with E-state index in [9.17, 15) is 43.2 Å². The summed E-state index contributed by atoms with van der Waals surface area (Å²) in [4.78, 5) is 72.1. The van der Waals surface area contributed by atoms with E-state index in [0.29, 0.717) is 31.6 Å². The number of phosphoric acid groups is 2. The van der Waals surface area contributed by atoms with E-state index in [1.54, 1.807) is 0 Å². The Hall–Kier alpha value is -1.94. The first-order valence-electron chi connectivity index (χ1n) is 32.9. The van der Waals surface area contributed by atoms with Gasteiger partial charge < -0.3 is 33.8 Å². The third-order valence-corrected chi connectivity index (χ3v) is 16.6. The number of carbonyl (C=O) groups excluding carboxylic acids is 4. The molecule has 0 saturated carbocycles. The third-order valence-electron chi connectivity index (χ3n) is 14.7.